The van der Waals surface area contributed by atoms with E-state index >= 15 is 0 Å². The van der Waals surface area contributed by atoms with E-state index in [1.54, 1.807) is 24.3 Å². The summed E-state index contributed by atoms with van der Waals surface area (Å²) in [5.74, 6) is -4.02. The maximum Gasteiger partial charge on any atom is 0.490 e. The van der Waals surface area contributed by atoms with Gasteiger partial charge in [0.2, 0.25) is 0 Å². The lowest BCUT2D eigenvalue weighted by molar-refractivity contribution is -0.192. The lowest BCUT2D eigenvalue weighted by Gasteiger charge is -2.23. The van der Waals surface area contributed by atoms with Crippen molar-refractivity contribution in [3.05, 3.63) is 59.2 Å². The van der Waals surface area contributed by atoms with Crippen molar-refractivity contribution < 1.29 is 37.8 Å². The summed E-state index contributed by atoms with van der Waals surface area (Å²) in [6.45, 7) is 7.24. The van der Waals surface area contributed by atoms with E-state index in [9.17, 15) is 27.9 Å². The monoisotopic (exact) mass is 440 g/mol. The Kier molecular flexibility index (Phi) is 9.04. The minimum Gasteiger partial charge on any atom is -0.478 e. The van der Waals surface area contributed by atoms with Gasteiger partial charge in [-0.1, -0.05) is 18.2 Å². The number of halogens is 3. The highest BCUT2D eigenvalue weighted by atomic mass is 19.4. The average Bonchev–Trinajstić information content (AvgIpc) is 2.69. The Labute approximate surface area is 177 Å². The molecule has 10 heteroatoms. The van der Waals surface area contributed by atoms with E-state index in [1.807, 2.05) is 37.8 Å². The van der Waals surface area contributed by atoms with Crippen LogP contribution in [0.25, 0.3) is 0 Å². The molecule has 1 amide bonds. The lowest BCUT2D eigenvalue weighted by Crippen LogP contribution is -2.24. The number of anilines is 2. The van der Waals surface area contributed by atoms with Crippen LogP contribution in [0.3, 0.4) is 0 Å². The van der Waals surface area contributed by atoms with E-state index in [1.165, 1.54) is 6.07 Å². The highest BCUT2D eigenvalue weighted by molar-refractivity contribution is 6.06. The van der Waals surface area contributed by atoms with E-state index in [0.29, 0.717) is 30.0 Å². The summed E-state index contributed by atoms with van der Waals surface area (Å²) < 4.78 is 31.7. The fourth-order valence-electron chi connectivity index (χ4n) is 2.65. The van der Waals surface area contributed by atoms with Gasteiger partial charge >= 0.3 is 18.1 Å². The van der Waals surface area contributed by atoms with Crippen molar-refractivity contribution in [2.75, 3.05) is 23.3 Å². The smallest absolute Gasteiger partial charge is 0.478 e. The van der Waals surface area contributed by atoms with Crippen LogP contribution in [0.4, 0.5) is 24.5 Å². The van der Waals surface area contributed by atoms with E-state index in [2.05, 4.69) is 5.32 Å². The Morgan fingerprint density at radius 3 is 1.97 bits per heavy atom. The number of alkyl halides is 3. The fraction of sp³-hybridized carbons (Fsp3) is 0.286. The SMILES string of the molecule is CCN(CC)c1ccc(NC(=O)c2ccccc2C)cc1C(=O)O.O=C(O)C(F)(F)F. The first-order valence-electron chi connectivity index (χ1n) is 9.21. The van der Waals surface area contributed by atoms with Gasteiger partial charge in [-0.25, -0.2) is 9.59 Å². The van der Waals surface area contributed by atoms with Gasteiger partial charge in [0, 0.05) is 24.3 Å². The zero-order valence-electron chi connectivity index (χ0n) is 17.2. The summed E-state index contributed by atoms with van der Waals surface area (Å²) in [5, 5.41) is 19.4. The summed E-state index contributed by atoms with van der Waals surface area (Å²) in [5.41, 5.74) is 2.75. The highest BCUT2D eigenvalue weighted by Gasteiger charge is 2.38. The van der Waals surface area contributed by atoms with Gasteiger partial charge in [0.25, 0.3) is 5.91 Å². The zero-order valence-corrected chi connectivity index (χ0v) is 17.2. The molecule has 0 heterocycles. The third-order valence-electron chi connectivity index (χ3n) is 4.22. The van der Waals surface area contributed by atoms with Gasteiger partial charge in [0.1, 0.15) is 0 Å². The van der Waals surface area contributed by atoms with Gasteiger partial charge in [0.15, 0.2) is 0 Å². The Morgan fingerprint density at radius 2 is 1.52 bits per heavy atom. The molecule has 0 unspecified atom stereocenters. The van der Waals surface area contributed by atoms with Crippen LogP contribution in [0, 0.1) is 6.92 Å². The number of rotatable bonds is 6. The number of hydrogen-bond acceptors (Lipinski definition) is 4. The summed E-state index contributed by atoms with van der Waals surface area (Å²) in [7, 11) is 0. The largest absolute Gasteiger partial charge is 0.490 e. The number of carboxylic acid groups (broad SMARTS) is 2. The lowest BCUT2D eigenvalue weighted by atomic mass is 10.1. The van der Waals surface area contributed by atoms with Crippen molar-refractivity contribution in [3.8, 4) is 0 Å². The zero-order chi connectivity index (χ0) is 23.8. The number of aliphatic carboxylic acids is 1. The number of carboxylic acids is 2. The maximum atomic E-state index is 12.4. The van der Waals surface area contributed by atoms with Crippen LogP contribution < -0.4 is 10.2 Å². The molecule has 0 radical (unpaired) electrons. The number of hydrogen-bond donors (Lipinski definition) is 3. The Morgan fingerprint density at radius 1 is 0.968 bits per heavy atom. The number of aryl methyl sites for hydroxylation is 1. The molecule has 0 aliphatic rings. The van der Waals surface area contributed by atoms with Crippen LogP contribution in [0.15, 0.2) is 42.5 Å². The number of carbonyl (C=O) groups excluding carboxylic acids is 1. The summed E-state index contributed by atoms with van der Waals surface area (Å²) in [4.78, 5) is 34.8. The predicted octanol–water partition coefficient (Wildman–Crippen LogP) is 4.43. The molecule has 0 bridgehead atoms. The van der Waals surface area contributed by atoms with Crippen LogP contribution in [0.1, 0.15) is 40.1 Å². The normalized spacial score (nSPS) is 10.5. The molecule has 0 fully saturated rings. The first-order valence-corrected chi connectivity index (χ1v) is 9.21. The molecule has 0 aliphatic carbocycles. The minimum absolute atomic E-state index is 0.182. The van der Waals surface area contributed by atoms with E-state index in [-0.39, 0.29) is 11.5 Å². The average molecular weight is 440 g/mol. The van der Waals surface area contributed by atoms with Crippen LogP contribution in [-0.4, -0.2) is 47.3 Å². The van der Waals surface area contributed by atoms with Gasteiger partial charge < -0.3 is 20.4 Å². The molecule has 2 aromatic carbocycles. The first-order chi connectivity index (χ1) is 14.4. The number of carbonyl (C=O) groups is 3. The Bertz CT molecular complexity index is 941. The summed E-state index contributed by atoms with van der Waals surface area (Å²) in [6, 6.07) is 12.3. The second kappa shape index (κ2) is 11.0. The molecule has 7 nitrogen and oxygen atoms in total. The summed E-state index contributed by atoms with van der Waals surface area (Å²) >= 11 is 0. The molecule has 0 aromatic heterocycles. The second-order valence-electron chi connectivity index (χ2n) is 6.28. The van der Waals surface area contributed by atoms with Crippen LogP contribution in [0.2, 0.25) is 0 Å². The van der Waals surface area contributed by atoms with Gasteiger partial charge in [-0.15, -0.1) is 0 Å². The molecule has 3 N–H and O–H groups in total. The molecule has 0 saturated heterocycles. The Balaban J connectivity index is 0.000000592. The molecular weight excluding hydrogens is 417 g/mol. The highest BCUT2D eigenvalue weighted by Crippen LogP contribution is 2.25. The van der Waals surface area contributed by atoms with Gasteiger partial charge in [-0.2, -0.15) is 13.2 Å². The molecular formula is C21H23F3N2O5. The molecule has 0 aliphatic heterocycles. The van der Waals surface area contributed by atoms with Gasteiger partial charge in [-0.05, 0) is 50.6 Å². The molecule has 2 rings (SSSR count). The minimum atomic E-state index is -5.08. The number of benzene rings is 2. The number of nitrogens with one attached hydrogen (secondary N) is 1. The molecule has 168 valence electrons. The van der Waals surface area contributed by atoms with Crippen molar-refractivity contribution in [1.82, 2.24) is 0 Å². The molecule has 31 heavy (non-hydrogen) atoms. The van der Waals surface area contributed by atoms with Crippen LogP contribution in [-0.2, 0) is 4.79 Å². The predicted molar refractivity (Wildman–Crippen MR) is 110 cm³/mol. The number of nitrogens with zero attached hydrogens (tertiary/aromatic N) is 1. The van der Waals surface area contributed by atoms with Crippen LogP contribution >= 0.6 is 0 Å². The number of amides is 1. The molecule has 2 aromatic rings. The van der Waals surface area contributed by atoms with Crippen LogP contribution in [0.5, 0.6) is 0 Å². The van der Waals surface area contributed by atoms with Crippen molar-refractivity contribution in [3.63, 3.8) is 0 Å². The maximum absolute atomic E-state index is 12.4. The first kappa shape index (κ1) is 25.5. The van der Waals surface area contributed by atoms with Crippen molar-refractivity contribution in [1.29, 1.82) is 0 Å². The molecule has 0 saturated carbocycles. The second-order valence-corrected chi connectivity index (χ2v) is 6.28. The van der Waals surface area contributed by atoms with Crippen molar-refractivity contribution in [2.45, 2.75) is 26.9 Å². The van der Waals surface area contributed by atoms with E-state index in [0.717, 1.165) is 5.56 Å². The molecule has 0 spiro atoms. The van der Waals surface area contributed by atoms with Crippen molar-refractivity contribution >= 4 is 29.2 Å². The topological polar surface area (TPSA) is 107 Å². The van der Waals surface area contributed by atoms with Gasteiger partial charge in [0.05, 0.1) is 11.3 Å². The van der Waals surface area contributed by atoms with E-state index in [4.69, 9.17) is 9.90 Å². The third kappa shape index (κ3) is 7.32. The molecule has 0 atom stereocenters. The number of aromatic carboxylic acids is 1. The third-order valence-corrected chi connectivity index (χ3v) is 4.22. The summed E-state index contributed by atoms with van der Waals surface area (Å²) in [6.07, 6.45) is -5.08. The van der Waals surface area contributed by atoms with Crippen molar-refractivity contribution in [2.24, 2.45) is 0 Å². The quantitative estimate of drug-likeness (QED) is 0.614. The Hall–Kier alpha value is -3.56. The standard InChI is InChI=1S/C19H22N2O3.C2HF3O2/c1-4-21(5-2)17-11-10-14(12-16(17)19(23)24)20-18(22)15-9-7-6-8-13(15)3;3-2(4,5)1(6)7/h6-12H,4-5H2,1-3H3,(H,20,22)(H,23,24);(H,6,7). The fourth-order valence-corrected chi connectivity index (χ4v) is 2.65. The van der Waals surface area contributed by atoms with Gasteiger partial charge in [-0.3, -0.25) is 4.79 Å². The van der Waals surface area contributed by atoms with E-state index < -0.39 is 18.1 Å².